The van der Waals surface area contributed by atoms with Crippen molar-refractivity contribution < 1.29 is 14.0 Å². The van der Waals surface area contributed by atoms with E-state index in [1.54, 1.807) is 20.4 Å². The van der Waals surface area contributed by atoms with E-state index < -0.39 is 0 Å². The molecule has 0 saturated heterocycles. The maximum atomic E-state index is 5.46. The van der Waals surface area contributed by atoms with Crippen LogP contribution in [-0.4, -0.2) is 43.5 Å². The monoisotopic (exact) mass is 503 g/mol. The number of nitrogens with one attached hydrogen (secondary N) is 2. The van der Waals surface area contributed by atoms with Crippen molar-refractivity contribution in [1.29, 1.82) is 0 Å². The van der Waals surface area contributed by atoms with Crippen molar-refractivity contribution in [3.63, 3.8) is 0 Å². The van der Waals surface area contributed by atoms with Crippen molar-refractivity contribution in [2.24, 2.45) is 4.99 Å². The minimum absolute atomic E-state index is 0. The molecule has 0 unspecified atom stereocenters. The molecular weight excluding hydrogens is 473 g/mol. The first-order valence-corrected chi connectivity index (χ1v) is 9.19. The van der Waals surface area contributed by atoms with Crippen molar-refractivity contribution >= 4 is 29.9 Å². The smallest absolute Gasteiger partial charge is 0.213 e. The molecule has 0 saturated carbocycles. The number of aliphatic imine (C=N–C) groups is 1. The molecule has 2 aromatic heterocycles. The highest BCUT2D eigenvalue weighted by Gasteiger charge is 2.13. The van der Waals surface area contributed by atoms with Crippen LogP contribution >= 0.6 is 24.0 Å². The molecule has 0 aromatic carbocycles. The van der Waals surface area contributed by atoms with E-state index in [-0.39, 0.29) is 24.0 Å². The van der Waals surface area contributed by atoms with E-state index in [0.29, 0.717) is 38.1 Å². The fourth-order valence-electron chi connectivity index (χ4n) is 2.55. The van der Waals surface area contributed by atoms with Crippen LogP contribution in [0.5, 0.6) is 5.88 Å². The molecule has 2 rings (SSSR count). The number of aromatic nitrogens is 2. The van der Waals surface area contributed by atoms with Crippen LogP contribution in [0, 0.1) is 0 Å². The van der Waals surface area contributed by atoms with Crippen LogP contribution in [0.3, 0.4) is 0 Å². The summed E-state index contributed by atoms with van der Waals surface area (Å²) in [7, 11) is 3.39. The largest absolute Gasteiger partial charge is 0.475 e. The van der Waals surface area contributed by atoms with E-state index in [0.717, 1.165) is 35.4 Å². The van der Waals surface area contributed by atoms with E-state index in [1.807, 2.05) is 12.1 Å². The fraction of sp³-hybridized carbons (Fsp3) is 0.526. The molecule has 0 aliphatic rings. The third-order valence-electron chi connectivity index (χ3n) is 4.06. The number of halogens is 1. The second-order valence-electron chi connectivity index (χ2n) is 5.86. The average Bonchev–Trinajstić information content (AvgIpc) is 3.11. The van der Waals surface area contributed by atoms with Crippen LogP contribution in [0.25, 0.3) is 0 Å². The molecule has 8 nitrogen and oxygen atoms in total. The van der Waals surface area contributed by atoms with Gasteiger partial charge in [-0.1, -0.05) is 25.1 Å². The first kappa shape index (κ1) is 24.2. The van der Waals surface area contributed by atoms with E-state index in [2.05, 4.69) is 39.6 Å². The Morgan fingerprint density at radius 3 is 2.54 bits per heavy atom. The number of pyridine rings is 1. The van der Waals surface area contributed by atoms with Gasteiger partial charge in [0.15, 0.2) is 5.96 Å². The lowest BCUT2D eigenvalue weighted by molar-refractivity contribution is 0.143. The van der Waals surface area contributed by atoms with Gasteiger partial charge >= 0.3 is 0 Å². The molecule has 0 fully saturated rings. The Hall–Kier alpha value is -1.88. The van der Waals surface area contributed by atoms with Crippen molar-refractivity contribution in [1.82, 2.24) is 20.8 Å². The molecule has 2 N–H and O–H groups in total. The molecular formula is C19H30IN5O3. The Kier molecular flexibility index (Phi) is 11.5. The molecule has 156 valence electrons. The average molecular weight is 503 g/mol. The molecule has 28 heavy (non-hydrogen) atoms. The van der Waals surface area contributed by atoms with Gasteiger partial charge in [0.2, 0.25) is 5.88 Å². The zero-order valence-corrected chi connectivity index (χ0v) is 19.3. The maximum absolute atomic E-state index is 5.46. The topological polar surface area (TPSA) is 93.8 Å². The van der Waals surface area contributed by atoms with Gasteiger partial charge in [-0.25, -0.2) is 4.98 Å². The highest BCUT2D eigenvalue weighted by molar-refractivity contribution is 14.0. The zero-order chi connectivity index (χ0) is 19.5. The number of nitrogens with zero attached hydrogens (tertiary/aromatic N) is 3. The Morgan fingerprint density at radius 2 is 1.93 bits per heavy atom. The van der Waals surface area contributed by atoms with Crippen molar-refractivity contribution in [3.05, 3.63) is 40.9 Å². The molecule has 0 aliphatic heterocycles. The van der Waals surface area contributed by atoms with Gasteiger partial charge in [-0.05, 0) is 12.0 Å². The number of ether oxygens (including phenoxy) is 2. The first-order valence-electron chi connectivity index (χ1n) is 9.19. The number of hydrogen-bond acceptors (Lipinski definition) is 6. The highest BCUT2D eigenvalue weighted by Crippen LogP contribution is 2.15. The summed E-state index contributed by atoms with van der Waals surface area (Å²) < 4.78 is 15.8. The molecule has 0 radical (unpaired) electrons. The molecule has 0 atom stereocenters. The Labute approximate surface area is 183 Å². The summed E-state index contributed by atoms with van der Waals surface area (Å²) in [6, 6.07) is 3.82. The summed E-state index contributed by atoms with van der Waals surface area (Å²) in [4.78, 5) is 8.55. The van der Waals surface area contributed by atoms with E-state index in [4.69, 9.17) is 14.0 Å². The quantitative estimate of drug-likeness (QED) is 0.223. The number of rotatable bonds is 10. The second kappa shape index (κ2) is 13.3. The Bertz CT molecular complexity index is 697. The van der Waals surface area contributed by atoms with E-state index in [9.17, 15) is 0 Å². The summed E-state index contributed by atoms with van der Waals surface area (Å²) >= 11 is 0. The zero-order valence-electron chi connectivity index (χ0n) is 16.9. The maximum Gasteiger partial charge on any atom is 0.213 e. The molecule has 2 heterocycles. The Morgan fingerprint density at radius 1 is 1.14 bits per heavy atom. The summed E-state index contributed by atoms with van der Waals surface area (Å²) in [5.41, 5.74) is 3.13. The molecule has 0 aliphatic carbocycles. The van der Waals surface area contributed by atoms with Crippen LogP contribution in [-0.2, 0) is 30.7 Å². The number of hydrogen-bond donors (Lipinski definition) is 2. The van der Waals surface area contributed by atoms with Gasteiger partial charge in [-0.15, -0.1) is 24.0 Å². The van der Waals surface area contributed by atoms with Gasteiger partial charge in [-0.2, -0.15) is 0 Å². The van der Waals surface area contributed by atoms with Gasteiger partial charge in [0, 0.05) is 51.5 Å². The number of guanidine groups is 1. The fourth-order valence-corrected chi connectivity index (χ4v) is 2.55. The van der Waals surface area contributed by atoms with Gasteiger partial charge < -0.3 is 24.6 Å². The molecule has 9 heteroatoms. The standard InChI is InChI=1S/C19H29N5O3.HI/c1-5-16-15(17(6-2)27-24-16)13-23-19(20-3)22-12-14-7-8-18(21-11-14)26-10-9-25-4;/h7-8,11H,5-6,9-10,12-13H2,1-4H3,(H2,20,22,23);1H. The summed E-state index contributed by atoms with van der Waals surface area (Å²) in [6.45, 7) is 6.39. The van der Waals surface area contributed by atoms with Gasteiger partial charge in [-0.3, -0.25) is 4.99 Å². The predicted octanol–water partition coefficient (Wildman–Crippen LogP) is 2.70. The van der Waals surface area contributed by atoms with Crippen LogP contribution < -0.4 is 15.4 Å². The predicted molar refractivity (Wildman–Crippen MR) is 119 cm³/mol. The third-order valence-corrected chi connectivity index (χ3v) is 4.06. The van der Waals surface area contributed by atoms with Crippen LogP contribution in [0.15, 0.2) is 27.8 Å². The van der Waals surface area contributed by atoms with Gasteiger partial charge in [0.1, 0.15) is 12.4 Å². The van der Waals surface area contributed by atoms with E-state index in [1.165, 1.54) is 0 Å². The lowest BCUT2D eigenvalue weighted by atomic mass is 10.1. The van der Waals surface area contributed by atoms with Crippen molar-refractivity contribution in [3.8, 4) is 5.88 Å². The summed E-state index contributed by atoms with van der Waals surface area (Å²) in [6.07, 6.45) is 3.45. The minimum Gasteiger partial charge on any atom is -0.475 e. The van der Waals surface area contributed by atoms with Crippen molar-refractivity contribution in [2.45, 2.75) is 39.8 Å². The van der Waals surface area contributed by atoms with E-state index >= 15 is 0 Å². The lowest BCUT2D eigenvalue weighted by Crippen LogP contribution is -2.36. The summed E-state index contributed by atoms with van der Waals surface area (Å²) in [5, 5.41) is 10.7. The SMILES string of the molecule is CCc1noc(CC)c1CNC(=NC)NCc1ccc(OCCOC)nc1.I. The lowest BCUT2D eigenvalue weighted by Gasteiger charge is -2.12. The van der Waals surface area contributed by atoms with Crippen LogP contribution in [0.4, 0.5) is 0 Å². The van der Waals surface area contributed by atoms with Crippen molar-refractivity contribution in [2.75, 3.05) is 27.4 Å². The molecule has 2 aromatic rings. The van der Waals surface area contributed by atoms with Gasteiger partial charge in [0.25, 0.3) is 0 Å². The molecule has 0 amide bonds. The first-order chi connectivity index (χ1) is 13.2. The third kappa shape index (κ3) is 7.27. The normalized spacial score (nSPS) is 11.1. The van der Waals surface area contributed by atoms with Crippen LogP contribution in [0.1, 0.15) is 36.4 Å². The highest BCUT2D eigenvalue weighted by atomic mass is 127. The number of aryl methyl sites for hydroxylation is 2. The molecule has 0 bridgehead atoms. The van der Waals surface area contributed by atoms with Crippen LogP contribution in [0.2, 0.25) is 0 Å². The molecule has 0 spiro atoms. The second-order valence-corrected chi connectivity index (χ2v) is 5.86. The minimum atomic E-state index is 0. The van der Waals surface area contributed by atoms with Gasteiger partial charge in [0.05, 0.1) is 12.3 Å². The summed E-state index contributed by atoms with van der Waals surface area (Å²) in [5.74, 6) is 2.22. The number of methoxy groups -OCH3 is 1. The Balaban J connectivity index is 0.00000392.